The largest absolute Gasteiger partial charge is 0.399 e. The summed E-state index contributed by atoms with van der Waals surface area (Å²) < 4.78 is 39.9. The lowest BCUT2D eigenvalue weighted by Gasteiger charge is -2.22. The summed E-state index contributed by atoms with van der Waals surface area (Å²) in [7, 11) is 0. The van der Waals surface area contributed by atoms with Gasteiger partial charge in [-0.2, -0.15) is 0 Å². The third kappa shape index (κ3) is 6.16. The van der Waals surface area contributed by atoms with Gasteiger partial charge < -0.3 is 16.0 Å². The zero-order valence-electron chi connectivity index (χ0n) is 15.2. The van der Waals surface area contributed by atoms with E-state index in [4.69, 9.17) is 5.73 Å². The van der Waals surface area contributed by atoms with E-state index in [2.05, 4.69) is 5.32 Å². The molecule has 0 aliphatic rings. The highest BCUT2D eigenvalue weighted by molar-refractivity contribution is 5.94. The van der Waals surface area contributed by atoms with E-state index >= 15 is 0 Å². The lowest BCUT2D eigenvalue weighted by Crippen LogP contribution is -2.39. The number of halogens is 4. The Balaban J connectivity index is 0.00000392. The number of carbonyl (C=O) groups is 2. The van der Waals surface area contributed by atoms with E-state index in [9.17, 15) is 22.8 Å². The topological polar surface area (TPSA) is 75.4 Å². The van der Waals surface area contributed by atoms with Crippen LogP contribution in [0.5, 0.6) is 0 Å². The summed E-state index contributed by atoms with van der Waals surface area (Å²) in [6, 6.07) is 8.41. The first-order valence-electron chi connectivity index (χ1n) is 8.37. The van der Waals surface area contributed by atoms with E-state index in [1.165, 1.54) is 4.90 Å². The molecule has 0 spiro atoms. The van der Waals surface area contributed by atoms with E-state index in [0.717, 1.165) is 11.6 Å². The molecule has 3 N–H and O–H groups in total. The average molecular weight is 416 g/mol. The molecule has 0 aromatic heterocycles. The molecule has 0 aliphatic carbocycles. The maximum Gasteiger partial charge on any atom is 0.244 e. The first kappa shape index (κ1) is 23.3. The van der Waals surface area contributed by atoms with Gasteiger partial charge in [0, 0.05) is 12.2 Å². The molecule has 0 fully saturated rings. The van der Waals surface area contributed by atoms with Gasteiger partial charge in [0.25, 0.3) is 0 Å². The second-order valence-electron chi connectivity index (χ2n) is 6.00. The number of nitrogens with one attached hydrogen (secondary N) is 1. The van der Waals surface area contributed by atoms with Crippen LogP contribution < -0.4 is 11.1 Å². The van der Waals surface area contributed by atoms with Crippen LogP contribution in [0.25, 0.3) is 0 Å². The maximum atomic E-state index is 13.7. The Kier molecular flexibility index (Phi) is 8.78. The summed E-state index contributed by atoms with van der Waals surface area (Å²) >= 11 is 0. The molecule has 9 heteroatoms. The predicted octanol–water partition coefficient (Wildman–Crippen LogP) is 3.53. The molecule has 0 atom stereocenters. The number of amides is 2. The fraction of sp³-hybridized carbons (Fsp3) is 0.263. The first-order chi connectivity index (χ1) is 12.8. The number of nitrogens with two attached hydrogens (primary N) is 1. The molecule has 0 saturated carbocycles. The molecule has 2 aromatic rings. The maximum absolute atomic E-state index is 13.7. The van der Waals surface area contributed by atoms with Crippen LogP contribution in [0.15, 0.2) is 36.4 Å². The monoisotopic (exact) mass is 415 g/mol. The first-order valence-corrected chi connectivity index (χ1v) is 8.37. The number of hydrogen-bond acceptors (Lipinski definition) is 3. The molecule has 2 aromatic carbocycles. The summed E-state index contributed by atoms with van der Waals surface area (Å²) in [6.45, 7) is 1.83. The van der Waals surface area contributed by atoms with Crippen molar-refractivity contribution < 1.29 is 22.8 Å². The second-order valence-corrected chi connectivity index (χ2v) is 6.00. The van der Waals surface area contributed by atoms with Crippen molar-refractivity contribution in [1.29, 1.82) is 0 Å². The lowest BCUT2D eigenvalue weighted by molar-refractivity contribution is -0.134. The third-order valence-corrected chi connectivity index (χ3v) is 3.83. The molecule has 0 unspecified atom stereocenters. The SMILES string of the molecule is CCCN(CC(=O)Nc1ccc(F)c(F)c1F)C(=O)Cc1ccc(N)cc1.Cl. The van der Waals surface area contributed by atoms with Crippen molar-refractivity contribution in [3.63, 3.8) is 0 Å². The molecular formula is C19H21ClF3N3O2. The van der Waals surface area contributed by atoms with Crippen molar-refractivity contribution in [2.45, 2.75) is 19.8 Å². The molecule has 0 bridgehead atoms. The van der Waals surface area contributed by atoms with Crippen LogP contribution >= 0.6 is 12.4 Å². The summed E-state index contributed by atoms with van der Waals surface area (Å²) in [6.07, 6.45) is 0.688. The molecule has 0 radical (unpaired) electrons. The van der Waals surface area contributed by atoms with Gasteiger partial charge in [0.05, 0.1) is 18.7 Å². The zero-order valence-corrected chi connectivity index (χ0v) is 16.0. The minimum Gasteiger partial charge on any atom is -0.399 e. The van der Waals surface area contributed by atoms with Gasteiger partial charge in [-0.25, -0.2) is 13.2 Å². The number of carbonyl (C=O) groups excluding carboxylic acids is 2. The predicted molar refractivity (Wildman–Crippen MR) is 104 cm³/mol. The summed E-state index contributed by atoms with van der Waals surface area (Å²) in [5.74, 6) is -5.51. The van der Waals surface area contributed by atoms with Crippen molar-refractivity contribution in [2.75, 3.05) is 24.1 Å². The number of nitrogens with zero attached hydrogens (tertiary/aromatic N) is 1. The Morgan fingerprint density at radius 1 is 1.04 bits per heavy atom. The zero-order chi connectivity index (χ0) is 20.0. The summed E-state index contributed by atoms with van der Waals surface area (Å²) in [5.41, 5.74) is 6.43. The number of rotatable bonds is 7. The average Bonchev–Trinajstić information content (AvgIpc) is 2.63. The molecule has 28 heavy (non-hydrogen) atoms. The van der Waals surface area contributed by atoms with Crippen LogP contribution in [0.2, 0.25) is 0 Å². The number of benzene rings is 2. The molecule has 2 amide bonds. The van der Waals surface area contributed by atoms with Crippen LogP contribution in [0.3, 0.4) is 0 Å². The van der Waals surface area contributed by atoms with Gasteiger partial charge in [0.1, 0.15) is 0 Å². The molecule has 0 heterocycles. The molecular weight excluding hydrogens is 395 g/mol. The Hall–Kier alpha value is -2.74. The minimum absolute atomic E-state index is 0. The van der Waals surface area contributed by atoms with Gasteiger partial charge in [-0.1, -0.05) is 19.1 Å². The van der Waals surface area contributed by atoms with Crippen LogP contribution in [-0.2, 0) is 16.0 Å². The smallest absolute Gasteiger partial charge is 0.244 e. The van der Waals surface area contributed by atoms with E-state index in [1.807, 2.05) is 6.92 Å². The van der Waals surface area contributed by atoms with Crippen LogP contribution in [0, 0.1) is 17.5 Å². The highest BCUT2D eigenvalue weighted by atomic mass is 35.5. The summed E-state index contributed by atoms with van der Waals surface area (Å²) in [4.78, 5) is 25.9. The van der Waals surface area contributed by atoms with Crippen molar-refractivity contribution in [2.24, 2.45) is 0 Å². The normalized spacial score (nSPS) is 10.1. The second kappa shape index (κ2) is 10.6. The van der Waals surface area contributed by atoms with E-state index in [-0.39, 0.29) is 31.3 Å². The Labute approximate surface area is 167 Å². The molecule has 152 valence electrons. The van der Waals surface area contributed by atoms with Crippen molar-refractivity contribution in [3.05, 3.63) is 59.4 Å². The Morgan fingerprint density at radius 3 is 2.29 bits per heavy atom. The highest BCUT2D eigenvalue weighted by Crippen LogP contribution is 2.19. The molecule has 5 nitrogen and oxygen atoms in total. The number of anilines is 2. The fourth-order valence-electron chi connectivity index (χ4n) is 2.47. The van der Waals surface area contributed by atoms with Crippen LogP contribution in [0.4, 0.5) is 24.5 Å². The number of nitrogen functional groups attached to an aromatic ring is 1. The van der Waals surface area contributed by atoms with Crippen molar-refractivity contribution in [3.8, 4) is 0 Å². The van der Waals surface area contributed by atoms with Crippen molar-refractivity contribution >= 4 is 35.6 Å². The third-order valence-electron chi connectivity index (χ3n) is 3.83. The minimum atomic E-state index is -1.67. The lowest BCUT2D eigenvalue weighted by atomic mass is 10.1. The Bertz CT molecular complexity index is 832. The van der Waals surface area contributed by atoms with Crippen molar-refractivity contribution in [1.82, 2.24) is 4.90 Å². The Morgan fingerprint density at radius 2 is 1.68 bits per heavy atom. The molecule has 0 aliphatic heterocycles. The standard InChI is InChI=1S/C19H20F3N3O2.ClH/c1-2-9-25(17(27)10-12-3-5-13(23)6-4-12)11-16(26)24-15-8-7-14(20)18(21)19(15)22;/h3-8H,2,9-11,23H2,1H3,(H,24,26);1H. The van der Waals surface area contributed by atoms with E-state index in [0.29, 0.717) is 24.7 Å². The molecule has 0 saturated heterocycles. The van der Waals surface area contributed by atoms with Gasteiger partial charge >= 0.3 is 0 Å². The number of hydrogen-bond donors (Lipinski definition) is 2. The van der Waals surface area contributed by atoms with Gasteiger partial charge in [0.2, 0.25) is 11.8 Å². The van der Waals surface area contributed by atoms with Gasteiger partial charge in [-0.05, 0) is 36.2 Å². The summed E-state index contributed by atoms with van der Waals surface area (Å²) in [5, 5.41) is 2.16. The highest BCUT2D eigenvalue weighted by Gasteiger charge is 2.19. The van der Waals surface area contributed by atoms with Crippen LogP contribution in [-0.4, -0.2) is 29.8 Å². The quantitative estimate of drug-likeness (QED) is 0.536. The van der Waals surface area contributed by atoms with Gasteiger partial charge in [0.15, 0.2) is 17.5 Å². The molecule has 2 rings (SSSR count). The van der Waals surface area contributed by atoms with Gasteiger partial charge in [-0.3, -0.25) is 9.59 Å². The van der Waals surface area contributed by atoms with Gasteiger partial charge in [-0.15, -0.1) is 12.4 Å². The fourth-order valence-corrected chi connectivity index (χ4v) is 2.47. The van der Waals surface area contributed by atoms with E-state index in [1.54, 1.807) is 24.3 Å². The van der Waals surface area contributed by atoms with E-state index < -0.39 is 29.0 Å². The van der Waals surface area contributed by atoms with Crippen LogP contribution in [0.1, 0.15) is 18.9 Å².